The predicted octanol–water partition coefficient (Wildman–Crippen LogP) is 5.13. The van der Waals surface area contributed by atoms with Crippen LogP contribution in [-0.2, 0) is 0 Å². The number of nitrogens with one attached hydrogen (secondary N) is 1. The van der Waals surface area contributed by atoms with Gasteiger partial charge in [0.2, 0.25) is 0 Å². The molecule has 3 nitrogen and oxygen atoms in total. The Hall–Kier alpha value is -1.04. The third kappa shape index (κ3) is 3.53. The second kappa shape index (κ2) is 6.61. The summed E-state index contributed by atoms with van der Waals surface area (Å²) in [5, 5.41) is 3.37. The minimum atomic E-state index is -0.209. The summed E-state index contributed by atoms with van der Waals surface area (Å²) in [5.74, 6) is 0.497. The number of amides is 1. The molecule has 20 heavy (non-hydrogen) atoms. The van der Waals surface area contributed by atoms with Crippen molar-refractivity contribution in [2.45, 2.75) is 0 Å². The van der Waals surface area contributed by atoms with Crippen molar-refractivity contribution in [3.8, 4) is 5.75 Å². The molecular formula is C14H10Br2ClNO2. The molecule has 0 fully saturated rings. The molecule has 1 N–H and O–H groups in total. The van der Waals surface area contributed by atoms with Gasteiger partial charge in [-0.1, -0.05) is 11.6 Å². The highest BCUT2D eigenvalue weighted by Crippen LogP contribution is 2.28. The molecule has 0 saturated heterocycles. The van der Waals surface area contributed by atoms with Crippen LogP contribution in [0.25, 0.3) is 0 Å². The molecule has 0 bridgehead atoms. The summed E-state index contributed by atoms with van der Waals surface area (Å²) in [5.41, 5.74) is 1.20. The Balaban J connectivity index is 2.19. The molecule has 2 aromatic carbocycles. The zero-order valence-electron chi connectivity index (χ0n) is 10.4. The SMILES string of the molecule is COc1ccc(NC(=O)c2ccc(Cl)c(Br)c2)cc1Br. The first kappa shape index (κ1) is 15.4. The van der Waals surface area contributed by atoms with Crippen molar-refractivity contribution in [1.29, 1.82) is 0 Å². The van der Waals surface area contributed by atoms with E-state index < -0.39 is 0 Å². The first-order valence-electron chi connectivity index (χ1n) is 5.61. The Morgan fingerprint density at radius 1 is 1.15 bits per heavy atom. The smallest absolute Gasteiger partial charge is 0.255 e. The molecular weight excluding hydrogens is 409 g/mol. The van der Waals surface area contributed by atoms with E-state index in [2.05, 4.69) is 37.2 Å². The Morgan fingerprint density at radius 3 is 2.50 bits per heavy atom. The van der Waals surface area contributed by atoms with Gasteiger partial charge < -0.3 is 10.1 Å². The van der Waals surface area contributed by atoms with Gasteiger partial charge in [-0.25, -0.2) is 0 Å². The second-order valence-electron chi connectivity index (χ2n) is 3.93. The lowest BCUT2D eigenvalue weighted by atomic mass is 10.2. The number of ether oxygens (including phenoxy) is 1. The van der Waals surface area contributed by atoms with Crippen LogP contribution in [0.2, 0.25) is 5.02 Å². The second-order valence-corrected chi connectivity index (χ2v) is 6.05. The van der Waals surface area contributed by atoms with Crippen molar-refractivity contribution in [2.75, 3.05) is 12.4 Å². The molecule has 0 aliphatic rings. The third-order valence-electron chi connectivity index (χ3n) is 2.59. The van der Waals surface area contributed by atoms with Crippen LogP contribution in [0.15, 0.2) is 45.3 Å². The summed E-state index contributed by atoms with van der Waals surface area (Å²) in [6, 6.07) is 10.3. The summed E-state index contributed by atoms with van der Waals surface area (Å²) in [6.07, 6.45) is 0. The summed E-state index contributed by atoms with van der Waals surface area (Å²) in [4.78, 5) is 12.1. The maximum Gasteiger partial charge on any atom is 0.255 e. The van der Waals surface area contributed by atoms with Gasteiger partial charge in [-0.05, 0) is 68.3 Å². The molecule has 0 unspecified atom stereocenters. The van der Waals surface area contributed by atoms with Crippen LogP contribution in [0.3, 0.4) is 0 Å². The molecule has 0 aliphatic carbocycles. The van der Waals surface area contributed by atoms with Crippen LogP contribution in [0, 0.1) is 0 Å². The van der Waals surface area contributed by atoms with Crippen molar-refractivity contribution in [3.63, 3.8) is 0 Å². The number of benzene rings is 2. The lowest BCUT2D eigenvalue weighted by Gasteiger charge is -2.08. The molecule has 0 aromatic heterocycles. The summed E-state index contributed by atoms with van der Waals surface area (Å²) in [7, 11) is 1.59. The van der Waals surface area contributed by atoms with Gasteiger partial charge >= 0.3 is 0 Å². The molecule has 0 radical (unpaired) electrons. The zero-order valence-corrected chi connectivity index (χ0v) is 14.3. The van der Waals surface area contributed by atoms with Crippen molar-refractivity contribution < 1.29 is 9.53 Å². The maximum atomic E-state index is 12.1. The van der Waals surface area contributed by atoms with Gasteiger partial charge in [0.25, 0.3) is 5.91 Å². The van der Waals surface area contributed by atoms with Gasteiger partial charge in [0, 0.05) is 15.7 Å². The molecule has 0 saturated carbocycles. The van der Waals surface area contributed by atoms with Crippen molar-refractivity contribution in [1.82, 2.24) is 0 Å². The fraction of sp³-hybridized carbons (Fsp3) is 0.0714. The number of methoxy groups -OCH3 is 1. The van der Waals surface area contributed by atoms with Gasteiger partial charge in [-0.15, -0.1) is 0 Å². The molecule has 6 heteroatoms. The zero-order chi connectivity index (χ0) is 14.7. The van der Waals surface area contributed by atoms with E-state index in [0.717, 1.165) is 4.47 Å². The van der Waals surface area contributed by atoms with Crippen LogP contribution in [0.1, 0.15) is 10.4 Å². The van der Waals surface area contributed by atoms with E-state index in [9.17, 15) is 4.79 Å². The number of carbonyl (C=O) groups is 1. The van der Waals surface area contributed by atoms with Gasteiger partial charge in [0.15, 0.2) is 0 Å². The first-order valence-corrected chi connectivity index (χ1v) is 7.57. The van der Waals surface area contributed by atoms with Crippen molar-refractivity contribution in [2.24, 2.45) is 0 Å². The number of halogens is 3. The average Bonchev–Trinajstić information content (AvgIpc) is 2.42. The molecule has 0 atom stereocenters. The first-order chi connectivity index (χ1) is 9.51. The number of hydrogen-bond donors (Lipinski definition) is 1. The van der Waals surface area contributed by atoms with Crippen molar-refractivity contribution >= 4 is 55.1 Å². The van der Waals surface area contributed by atoms with Gasteiger partial charge in [-0.2, -0.15) is 0 Å². The van der Waals surface area contributed by atoms with Crippen LogP contribution in [-0.4, -0.2) is 13.0 Å². The molecule has 1 amide bonds. The van der Waals surface area contributed by atoms with Crippen LogP contribution < -0.4 is 10.1 Å². The molecule has 104 valence electrons. The van der Waals surface area contributed by atoms with E-state index in [-0.39, 0.29) is 5.91 Å². The molecule has 0 spiro atoms. The highest BCUT2D eigenvalue weighted by molar-refractivity contribution is 9.10. The number of hydrogen-bond acceptors (Lipinski definition) is 2. The minimum absolute atomic E-state index is 0.209. The van der Waals surface area contributed by atoms with Crippen LogP contribution in [0.5, 0.6) is 5.75 Å². The van der Waals surface area contributed by atoms with Crippen LogP contribution in [0.4, 0.5) is 5.69 Å². The van der Waals surface area contributed by atoms with E-state index in [4.69, 9.17) is 16.3 Å². The normalized spacial score (nSPS) is 10.2. The summed E-state index contributed by atoms with van der Waals surface area (Å²) < 4.78 is 6.59. The van der Waals surface area contributed by atoms with Gasteiger partial charge in [-0.3, -0.25) is 4.79 Å². The molecule has 0 aliphatic heterocycles. The minimum Gasteiger partial charge on any atom is -0.496 e. The van der Waals surface area contributed by atoms with Crippen molar-refractivity contribution in [3.05, 3.63) is 55.9 Å². The Labute approximate surface area is 138 Å². The average molecular weight is 420 g/mol. The fourth-order valence-electron chi connectivity index (χ4n) is 1.58. The number of carbonyl (C=O) groups excluding carboxylic acids is 1. The van der Waals surface area contributed by atoms with E-state index in [1.165, 1.54) is 0 Å². The number of anilines is 1. The topological polar surface area (TPSA) is 38.3 Å². The Bertz CT molecular complexity index is 662. The molecule has 2 aromatic rings. The standard InChI is InChI=1S/C14H10Br2ClNO2/c1-20-13-5-3-9(7-11(13)16)18-14(19)8-2-4-12(17)10(15)6-8/h2-7H,1H3,(H,18,19). The fourth-order valence-corrected chi connectivity index (χ4v) is 2.62. The van der Waals surface area contributed by atoms with E-state index in [0.29, 0.717) is 26.5 Å². The largest absolute Gasteiger partial charge is 0.496 e. The lowest BCUT2D eigenvalue weighted by Crippen LogP contribution is -2.11. The third-order valence-corrected chi connectivity index (χ3v) is 4.43. The lowest BCUT2D eigenvalue weighted by molar-refractivity contribution is 0.102. The van der Waals surface area contributed by atoms with Gasteiger partial charge in [0.05, 0.1) is 16.6 Å². The highest BCUT2D eigenvalue weighted by Gasteiger charge is 2.09. The number of rotatable bonds is 3. The summed E-state index contributed by atoms with van der Waals surface area (Å²) >= 11 is 12.6. The molecule has 2 rings (SSSR count). The van der Waals surface area contributed by atoms with Crippen LogP contribution >= 0.6 is 43.5 Å². The van der Waals surface area contributed by atoms with Gasteiger partial charge in [0.1, 0.15) is 5.75 Å². The summed E-state index contributed by atoms with van der Waals surface area (Å²) in [6.45, 7) is 0. The Kier molecular flexibility index (Phi) is 5.07. The van der Waals surface area contributed by atoms with E-state index in [1.54, 1.807) is 43.5 Å². The van der Waals surface area contributed by atoms with E-state index in [1.807, 2.05) is 0 Å². The molecule has 0 heterocycles. The van der Waals surface area contributed by atoms with E-state index >= 15 is 0 Å². The monoisotopic (exact) mass is 417 g/mol. The quantitative estimate of drug-likeness (QED) is 0.749. The maximum absolute atomic E-state index is 12.1. The predicted molar refractivity (Wildman–Crippen MR) is 87.8 cm³/mol. The highest BCUT2D eigenvalue weighted by atomic mass is 79.9. The Morgan fingerprint density at radius 2 is 1.90 bits per heavy atom.